The van der Waals surface area contributed by atoms with E-state index in [1.807, 2.05) is 0 Å². The molecule has 0 aliphatic heterocycles. The molecule has 1 fully saturated rings. The Morgan fingerprint density at radius 2 is 1.83 bits per heavy atom. The molecule has 158 valence electrons. The highest BCUT2D eigenvalue weighted by Gasteiger charge is 2.27. The van der Waals surface area contributed by atoms with Crippen LogP contribution in [0.25, 0.3) is 0 Å². The van der Waals surface area contributed by atoms with Crippen molar-refractivity contribution in [3.8, 4) is 12.3 Å². The van der Waals surface area contributed by atoms with E-state index < -0.39 is 10.0 Å². The molecule has 1 aliphatic carbocycles. The van der Waals surface area contributed by atoms with Gasteiger partial charge in [0.15, 0.2) is 0 Å². The Morgan fingerprint density at radius 1 is 1.13 bits per heavy atom. The van der Waals surface area contributed by atoms with Crippen LogP contribution in [0, 0.1) is 12.3 Å². The van der Waals surface area contributed by atoms with Crippen LogP contribution in [0.3, 0.4) is 0 Å². The van der Waals surface area contributed by atoms with E-state index in [1.165, 1.54) is 19.2 Å². The summed E-state index contributed by atoms with van der Waals surface area (Å²) in [7, 11) is -2.40. The summed E-state index contributed by atoms with van der Waals surface area (Å²) in [4.78, 5) is 14.9. The van der Waals surface area contributed by atoms with E-state index >= 15 is 0 Å². The molecule has 3 rings (SSSR count). The van der Waals surface area contributed by atoms with Crippen molar-refractivity contribution >= 4 is 33.2 Å². The monoisotopic (exact) mass is 444 g/mol. The number of terminal acetylenes is 1. The molecule has 0 bridgehead atoms. The normalized spacial score (nSPS) is 14.7. The van der Waals surface area contributed by atoms with E-state index in [0.717, 1.165) is 36.4 Å². The Labute approximate surface area is 183 Å². The highest BCUT2D eigenvalue weighted by molar-refractivity contribution is 7.92. The van der Waals surface area contributed by atoms with Crippen LogP contribution in [-0.4, -0.2) is 38.9 Å². The molecule has 0 radical (unpaired) electrons. The Morgan fingerprint density at radius 3 is 2.50 bits per heavy atom. The number of halogens is 1. The Kier molecular flexibility index (Phi) is 7.06. The van der Waals surface area contributed by atoms with E-state index in [1.54, 1.807) is 41.3 Å². The summed E-state index contributed by atoms with van der Waals surface area (Å²) in [6, 6.07) is 12.8. The zero-order valence-corrected chi connectivity index (χ0v) is 18.5. The highest BCUT2D eigenvalue weighted by Crippen LogP contribution is 2.27. The molecule has 2 aromatic carbocycles. The van der Waals surface area contributed by atoms with Gasteiger partial charge in [0, 0.05) is 23.7 Å². The third kappa shape index (κ3) is 4.80. The molecule has 0 heterocycles. The maximum atomic E-state index is 13.2. The second-order valence-corrected chi connectivity index (χ2v) is 9.81. The molecule has 0 saturated heterocycles. The van der Waals surface area contributed by atoms with Gasteiger partial charge in [-0.1, -0.05) is 48.9 Å². The van der Waals surface area contributed by atoms with Crippen molar-refractivity contribution in [2.45, 2.75) is 43.0 Å². The number of benzene rings is 2. The minimum absolute atomic E-state index is 0.0418. The third-order valence-corrected chi connectivity index (χ3v) is 7.47. The summed E-state index contributed by atoms with van der Waals surface area (Å²) in [5, 5.41) is 0.441. The van der Waals surface area contributed by atoms with Crippen molar-refractivity contribution < 1.29 is 13.2 Å². The molecule has 1 aliphatic rings. The number of hydrogen-bond acceptors (Lipinski definition) is 3. The van der Waals surface area contributed by atoms with E-state index in [9.17, 15) is 13.2 Å². The molecule has 30 heavy (non-hydrogen) atoms. The summed E-state index contributed by atoms with van der Waals surface area (Å²) >= 11 is 6.00. The summed E-state index contributed by atoms with van der Waals surface area (Å²) in [5.41, 5.74) is 0.756. The average molecular weight is 445 g/mol. The first-order valence-corrected chi connectivity index (χ1v) is 11.8. The topological polar surface area (TPSA) is 57.7 Å². The van der Waals surface area contributed by atoms with E-state index in [0.29, 0.717) is 16.3 Å². The number of anilines is 1. The van der Waals surface area contributed by atoms with E-state index in [4.69, 9.17) is 18.0 Å². The van der Waals surface area contributed by atoms with Crippen LogP contribution < -0.4 is 4.31 Å². The van der Waals surface area contributed by atoms with Crippen molar-refractivity contribution in [2.24, 2.45) is 0 Å². The number of carbonyl (C=O) groups is 1. The van der Waals surface area contributed by atoms with Crippen molar-refractivity contribution in [1.29, 1.82) is 0 Å². The molecule has 7 heteroatoms. The van der Waals surface area contributed by atoms with Gasteiger partial charge in [-0.15, -0.1) is 6.42 Å². The van der Waals surface area contributed by atoms with Gasteiger partial charge in [0.05, 0.1) is 17.1 Å². The SMILES string of the molecule is C#CCN(C(=O)c1cccc(S(=O)(=O)N(C)c2cccc(Cl)c2)c1)C1CCCCC1. The van der Waals surface area contributed by atoms with Crippen molar-refractivity contribution in [1.82, 2.24) is 4.90 Å². The van der Waals surface area contributed by atoms with Crippen LogP contribution in [0.4, 0.5) is 5.69 Å². The van der Waals surface area contributed by atoms with Crippen LogP contribution in [0.1, 0.15) is 42.5 Å². The second-order valence-electron chi connectivity index (χ2n) is 7.41. The van der Waals surface area contributed by atoms with Crippen LogP contribution in [0.15, 0.2) is 53.4 Å². The van der Waals surface area contributed by atoms with Crippen molar-refractivity contribution in [3.63, 3.8) is 0 Å². The quantitative estimate of drug-likeness (QED) is 0.613. The fraction of sp³-hybridized carbons (Fsp3) is 0.348. The number of amides is 1. The maximum absolute atomic E-state index is 13.2. The highest BCUT2D eigenvalue weighted by atomic mass is 35.5. The first-order chi connectivity index (χ1) is 14.3. The van der Waals surface area contributed by atoms with Crippen LogP contribution in [0.2, 0.25) is 5.02 Å². The molecule has 0 spiro atoms. The lowest BCUT2D eigenvalue weighted by Gasteiger charge is -2.33. The number of sulfonamides is 1. The van der Waals surface area contributed by atoms with E-state index in [-0.39, 0.29) is 23.4 Å². The van der Waals surface area contributed by atoms with Gasteiger partial charge in [0.2, 0.25) is 0 Å². The lowest BCUT2D eigenvalue weighted by molar-refractivity contribution is 0.0667. The first kappa shape index (κ1) is 22.2. The predicted octanol–water partition coefficient (Wildman–Crippen LogP) is 4.57. The Hall–Kier alpha value is -2.49. The lowest BCUT2D eigenvalue weighted by Crippen LogP contribution is -2.41. The third-order valence-electron chi connectivity index (χ3n) is 5.45. The summed E-state index contributed by atoms with van der Waals surface area (Å²) < 4.78 is 27.4. The van der Waals surface area contributed by atoms with Gasteiger partial charge in [0.25, 0.3) is 15.9 Å². The molecular weight excluding hydrogens is 420 g/mol. The molecule has 1 saturated carbocycles. The fourth-order valence-electron chi connectivity index (χ4n) is 3.78. The average Bonchev–Trinajstić information content (AvgIpc) is 2.77. The summed E-state index contributed by atoms with van der Waals surface area (Å²) in [6.07, 6.45) is 10.6. The summed E-state index contributed by atoms with van der Waals surface area (Å²) in [5.74, 6) is 2.34. The molecule has 2 aromatic rings. The molecule has 0 atom stereocenters. The molecule has 0 unspecified atom stereocenters. The molecule has 5 nitrogen and oxygen atoms in total. The van der Waals surface area contributed by atoms with Gasteiger partial charge < -0.3 is 4.90 Å². The van der Waals surface area contributed by atoms with Crippen LogP contribution in [0.5, 0.6) is 0 Å². The Bertz CT molecular complexity index is 1060. The molecule has 1 amide bonds. The largest absolute Gasteiger partial charge is 0.325 e. The summed E-state index contributed by atoms with van der Waals surface area (Å²) in [6.45, 7) is 0.211. The number of carbonyl (C=O) groups excluding carboxylic acids is 1. The van der Waals surface area contributed by atoms with Gasteiger partial charge in [-0.05, 0) is 49.2 Å². The Balaban J connectivity index is 1.90. The zero-order chi connectivity index (χ0) is 21.7. The van der Waals surface area contributed by atoms with Gasteiger partial charge in [-0.3, -0.25) is 9.10 Å². The van der Waals surface area contributed by atoms with Crippen LogP contribution >= 0.6 is 11.6 Å². The molecule has 0 N–H and O–H groups in total. The second kappa shape index (κ2) is 9.55. The van der Waals surface area contributed by atoms with Crippen molar-refractivity contribution in [2.75, 3.05) is 17.9 Å². The molecule has 0 aromatic heterocycles. The first-order valence-electron chi connectivity index (χ1n) is 9.93. The number of rotatable bonds is 6. The lowest BCUT2D eigenvalue weighted by atomic mass is 9.93. The molecular formula is C23H25ClN2O3S. The van der Waals surface area contributed by atoms with Gasteiger partial charge in [-0.2, -0.15) is 0 Å². The zero-order valence-electron chi connectivity index (χ0n) is 16.9. The van der Waals surface area contributed by atoms with Crippen molar-refractivity contribution in [3.05, 3.63) is 59.1 Å². The minimum atomic E-state index is -3.86. The number of hydrogen-bond donors (Lipinski definition) is 0. The smallest absolute Gasteiger partial charge is 0.264 e. The fourth-order valence-corrected chi connectivity index (χ4v) is 5.20. The van der Waals surface area contributed by atoms with Crippen LogP contribution in [-0.2, 0) is 10.0 Å². The van der Waals surface area contributed by atoms with Gasteiger partial charge in [-0.25, -0.2) is 8.42 Å². The predicted molar refractivity (Wildman–Crippen MR) is 120 cm³/mol. The maximum Gasteiger partial charge on any atom is 0.264 e. The van der Waals surface area contributed by atoms with Gasteiger partial charge >= 0.3 is 0 Å². The van der Waals surface area contributed by atoms with Gasteiger partial charge in [0.1, 0.15) is 0 Å². The standard InChI is InChI=1S/C23H25ClN2O3S/c1-3-15-26(20-11-5-4-6-12-20)23(27)18-9-7-14-22(16-18)30(28,29)25(2)21-13-8-10-19(24)17-21/h1,7-10,13-14,16-17,20H,4-6,11-12,15H2,2H3. The minimum Gasteiger partial charge on any atom is -0.325 e. The number of nitrogens with zero attached hydrogens (tertiary/aromatic N) is 2. The van der Waals surface area contributed by atoms with E-state index in [2.05, 4.69) is 5.92 Å².